The van der Waals surface area contributed by atoms with Crippen molar-refractivity contribution in [1.29, 1.82) is 0 Å². The minimum atomic E-state index is -0.393. The molecule has 33 heavy (non-hydrogen) atoms. The number of rotatable bonds is 4. The number of fused-ring (bicyclic) bond motifs is 3. The van der Waals surface area contributed by atoms with Gasteiger partial charge in [-0.1, -0.05) is 0 Å². The zero-order chi connectivity index (χ0) is 22.5. The van der Waals surface area contributed by atoms with Gasteiger partial charge >= 0.3 is 0 Å². The molecule has 0 radical (unpaired) electrons. The van der Waals surface area contributed by atoms with E-state index in [1.54, 1.807) is 17.0 Å². The molecule has 0 saturated carbocycles. The SMILES string of the molecule is CN1[C@@H]2CC[C@H]1C[C@@H](Oc1ccc(-n3cnc4cc(-c5ccc(F)cn5)sc4c3=O)cc1)C2. The van der Waals surface area contributed by atoms with Crippen LogP contribution in [0.3, 0.4) is 0 Å². The molecule has 4 aromatic rings. The summed E-state index contributed by atoms with van der Waals surface area (Å²) in [5.41, 5.74) is 1.83. The molecule has 2 aliphatic rings. The minimum absolute atomic E-state index is 0.140. The summed E-state index contributed by atoms with van der Waals surface area (Å²) < 4.78 is 21.5. The maximum atomic E-state index is 13.2. The van der Waals surface area contributed by atoms with Gasteiger partial charge in [0.25, 0.3) is 5.56 Å². The van der Waals surface area contributed by atoms with E-state index in [-0.39, 0.29) is 11.7 Å². The van der Waals surface area contributed by atoms with E-state index >= 15 is 0 Å². The number of nitrogens with zero attached hydrogens (tertiary/aromatic N) is 4. The monoisotopic (exact) mass is 462 g/mol. The Bertz CT molecular complexity index is 1350. The Kier molecular flexibility index (Phi) is 4.99. The van der Waals surface area contributed by atoms with Crippen LogP contribution in [0.2, 0.25) is 0 Å². The Morgan fingerprint density at radius 1 is 1.06 bits per heavy atom. The predicted octanol–water partition coefficient (Wildman–Crippen LogP) is 4.65. The Morgan fingerprint density at radius 2 is 1.82 bits per heavy atom. The van der Waals surface area contributed by atoms with Crippen molar-refractivity contribution in [2.45, 2.75) is 43.9 Å². The smallest absolute Gasteiger partial charge is 0.275 e. The highest BCUT2D eigenvalue weighted by molar-refractivity contribution is 7.22. The zero-order valence-corrected chi connectivity index (χ0v) is 19.0. The van der Waals surface area contributed by atoms with Crippen molar-refractivity contribution < 1.29 is 9.13 Å². The van der Waals surface area contributed by atoms with Crippen molar-refractivity contribution in [1.82, 2.24) is 19.4 Å². The summed E-state index contributed by atoms with van der Waals surface area (Å²) in [6.07, 6.45) is 7.63. The van der Waals surface area contributed by atoms with Gasteiger partial charge in [-0.05, 0) is 75.2 Å². The van der Waals surface area contributed by atoms with Crippen molar-refractivity contribution in [3.8, 4) is 22.0 Å². The van der Waals surface area contributed by atoms with E-state index in [2.05, 4.69) is 21.9 Å². The topological polar surface area (TPSA) is 60.2 Å². The van der Waals surface area contributed by atoms with Gasteiger partial charge in [-0.2, -0.15) is 0 Å². The summed E-state index contributed by atoms with van der Waals surface area (Å²) >= 11 is 1.32. The van der Waals surface area contributed by atoms with Crippen LogP contribution in [0.5, 0.6) is 5.75 Å². The van der Waals surface area contributed by atoms with Crippen molar-refractivity contribution in [2.24, 2.45) is 0 Å². The standard InChI is InChI=1S/C25H23FN4O2S/c1-29-17-3-4-18(29)11-20(10-17)32-19-7-5-16(6-8-19)30-14-28-22-12-23(33-24(22)25(30)31)21-9-2-15(26)13-27-21/h2,5-9,12-14,17-18,20H,3-4,10-11H2,1H3/t17-,18+,20+. The van der Waals surface area contributed by atoms with Gasteiger partial charge in [0.05, 0.1) is 28.0 Å². The van der Waals surface area contributed by atoms with E-state index in [0.29, 0.717) is 28.0 Å². The molecule has 0 unspecified atom stereocenters. The van der Waals surface area contributed by atoms with Crippen LogP contribution >= 0.6 is 11.3 Å². The number of aromatic nitrogens is 3. The predicted molar refractivity (Wildman–Crippen MR) is 127 cm³/mol. The highest BCUT2D eigenvalue weighted by atomic mass is 32.1. The van der Waals surface area contributed by atoms with Crippen LogP contribution in [0, 0.1) is 5.82 Å². The van der Waals surface area contributed by atoms with Crippen LogP contribution in [-0.2, 0) is 0 Å². The molecule has 3 aromatic heterocycles. The summed E-state index contributed by atoms with van der Waals surface area (Å²) in [7, 11) is 2.22. The number of hydrogen-bond acceptors (Lipinski definition) is 6. The highest BCUT2D eigenvalue weighted by Gasteiger charge is 2.39. The number of halogens is 1. The summed E-state index contributed by atoms with van der Waals surface area (Å²) in [4.78, 5) is 25.0. The highest BCUT2D eigenvalue weighted by Crippen LogP contribution is 2.36. The molecule has 2 aliphatic heterocycles. The molecular formula is C25H23FN4O2S. The summed E-state index contributed by atoms with van der Waals surface area (Å²) in [6.45, 7) is 0. The summed E-state index contributed by atoms with van der Waals surface area (Å²) in [6, 6.07) is 13.7. The molecule has 168 valence electrons. The first-order chi connectivity index (χ1) is 16.0. The molecule has 1 aromatic carbocycles. The molecule has 2 saturated heterocycles. The molecule has 3 atom stereocenters. The van der Waals surface area contributed by atoms with Crippen LogP contribution in [0.25, 0.3) is 26.5 Å². The quantitative estimate of drug-likeness (QED) is 0.442. The van der Waals surface area contributed by atoms with Gasteiger partial charge in [0.2, 0.25) is 0 Å². The molecule has 0 aliphatic carbocycles. The number of pyridine rings is 1. The lowest BCUT2D eigenvalue weighted by atomic mass is 10.0. The normalized spacial score (nSPS) is 22.7. The second-order valence-electron chi connectivity index (χ2n) is 8.86. The van der Waals surface area contributed by atoms with Gasteiger partial charge < -0.3 is 9.64 Å². The molecule has 0 spiro atoms. The van der Waals surface area contributed by atoms with Crippen molar-refractivity contribution in [2.75, 3.05) is 7.05 Å². The molecule has 6 nitrogen and oxygen atoms in total. The molecule has 5 heterocycles. The van der Waals surface area contributed by atoms with Crippen LogP contribution in [0.1, 0.15) is 25.7 Å². The average molecular weight is 463 g/mol. The largest absolute Gasteiger partial charge is 0.490 e. The summed E-state index contributed by atoms with van der Waals surface area (Å²) in [5, 5.41) is 0. The molecule has 2 bridgehead atoms. The molecule has 2 fully saturated rings. The van der Waals surface area contributed by atoms with Crippen LogP contribution < -0.4 is 10.3 Å². The zero-order valence-electron chi connectivity index (χ0n) is 18.1. The maximum Gasteiger partial charge on any atom is 0.275 e. The van der Waals surface area contributed by atoms with Gasteiger partial charge in [0.1, 0.15) is 28.7 Å². The second kappa shape index (κ2) is 8.04. The van der Waals surface area contributed by atoms with Gasteiger partial charge in [-0.3, -0.25) is 14.3 Å². The van der Waals surface area contributed by atoms with E-state index in [4.69, 9.17) is 4.74 Å². The number of thiophene rings is 1. The van der Waals surface area contributed by atoms with Crippen molar-refractivity contribution >= 4 is 21.6 Å². The number of ether oxygens (including phenoxy) is 1. The minimum Gasteiger partial charge on any atom is -0.490 e. The van der Waals surface area contributed by atoms with Gasteiger partial charge in [-0.25, -0.2) is 9.37 Å². The maximum absolute atomic E-state index is 13.2. The number of hydrogen-bond donors (Lipinski definition) is 0. The molecule has 6 rings (SSSR count). The first-order valence-corrected chi connectivity index (χ1v) is 12.0. The fraction of sp³-hybridized carbons (Fsp3) is 0.320. The van der Waals surface area contributed by atoms with E-state index in [1.165, 1.54) is 36.4 Å². The lowest BCUT2D eigenvalue weighted by Gasteiger charge is -2.36. The molecule has 8 heteroatoms. The van der Waals surface area contributed by atoms with Crippen LogP contribution in [0.15, 0.2) is 59.8 Å². The molecule has 0 N–H and O–H groups in total. The number of benzene rings is 1. The lowest BCUT2D eigenvalue weighted by molar-refractivity contribution is 0.0662. The van der Waals surface area contributed by atoms with Crippen molar-refractivity contribution in [3.05, 3.63) is 71.2 Å². The molecular weight excluding hydrogens is 439 g/mol. The first kappa shape index (κ1) is 20.5. The van der Waals surface area contributed by atoms with Crippen LogP contribution in [-0.4, -0.2) is 44.7 Å². The van der Waals surface area contributed by atoms with Gasteiger partial charge in [-0.15, -0.1) is 11.3 Å². The second-order valence-corrected chi connectivity index (χ2v) is 9.91. The third-order valence-electron chi connectivity index (χ3n) is 6.89. The van der Waals surface area contributed by atoms with Gasteiger partial charge in [0.15, 0.2) is 0 Å². The number of piperidine rings is 1. The van der Waals surface area contributed by atoms with E-state index in [0.717, 1.165) is 29.2 Å². The Hall–Kier alpha value is -3.10. The fourth-order valence-electron chi connectivity index (χ4n) is 5.08. The third-order valence-corrected chi connectivity index (χ3v) is 8.03. The van der Waals surface area contributed by atoms with Crippen LogP contribution in [0.4, 0.5) is 4.39 Å². The van der Waals surface area contributed by atoms with E-state index in [1.807, 2.05) is 30.3 Å². The van der Waals surface area contributed by atoms with E-state index < -0.39 is 5.82 Å². The molecule has 0 amide bonds. The average Bonchev–Trinajstić information content (AvgIpc) is 3.33. The first-order valence-electron chi connectivity index (χ1n) is 11.2. The van der Waals surface area contributed by atoms with Crippen molar-refractivity contribution in [3.63, 3.8) is 0 Å². The Morgan fingerprint density at radius 3 is 2.52 bits per heavy atom. The Balaban J connectivity index is 1.24. The third kappa shape index (κ3) is 3.73. The fourth-order valence-corrected chi connectivity index (χ4v) is 6.10. The Labute approximate surface area is 194 Å². The lowest BCUT2D eigenvalue weighted by Crippen LogP contribution is -2.43. The van der Waals surface area contributed by atoms with Gasteiger partial charge in [0, 0.05) is 12.1 Å². The summed E-state index contributed by atoms with van der Waals surface area (Å²) in [5.74, 6) is 0.437. The van der Waals surface area contributed by atoms with E-state index in [9.17, 15) is 9.18 Å².